The number of thioether (sulfide) groups is 1. The van der Waals surface area contributed by atoms with E-state index >= 15 is 0 Å². The summed E-state index contributed by atoms with van der Waals surface area (Å²) in [6.45, 7) is 0.411. The number of rotatable bonds is 5. The Balaban J connectivity index is 2.45. The molecule has 1 heterocycles. The third-order valence-electron chi connectivity index (χ3n) is 1.60. The predicted octanol–water partition coefficient (Wildman–Crippen LogP) is 0.0720. The normalized spacial score (nSPS) is 11.6. The summed E-state index contributed by atoms with van der Waals surface area (Å²) in [5.74, 6) is 0.612. The van der Waals surface area contributed by atoms with Crippen LogP contribution in [-0.4, -0.2) is 36.1 Å². The lowest BCUT2D eigenvalue weighted by Gasteiger charge is -2.00. The van der Waals surface area contributed by atoms with E-state index in [2.05, 4.69) is 9.97 Å². The fourth-order valence-electron chi connectivity index (χ4n) is 0.807. The van der Waals surface area contributed by atoms with Crippen molar-refractivity contribution in [3.05, 3.63) is 18.0 Å². The van der Waals surface area contributed by atoms with E-state index in [-0.39, 0.29) is 5.75 Å². The zero-order valence-corrected chi connectivity index (χ0v) is 10.0. The maximum absolute atomic E-state index is 10.9. The first-order valence-corrected chi connectivity index (χ1v) is 7.37. The second-order valence-corrected chi connectivity index (χ2v) is 6.38. The van der Waals surface area contributed by atoms with Gasteiger partial charge in [0.25, 0.3) is 0 Å². The third-order valence-corrected chi connectivity index (χ3v) is 3.68. The van der Waals surface area contributed by atoms with Crippen LogP contribution in [-0.2, 0) is 16.4 Å². The maximum atomic E-state index is 10.9. The van der Waals surface area contributed by atoms with E-state index in [9.17, 15) is 8.42 Å². The summed E-state index contributed by atoms with van der Waals surface area (Å²) in [4.78, 5) is 8.09. The molecule has 0 aliphatic carbocycles. The molecule has 0 unspecified atom stereocenters. The lowest BCUT2D eigenvalue weighted by atomic mass is 10.4. The van der Waals surface area contributed by atoms with Gasteiger partial charge in [0.1, 0.15) is 9.84 Å². The molecule has 84 valence electrons. The predicted molar refractivity (Wildman–Crippen MR) is 60.4 cm³/mol. The quantitative estimate of drug-likeness (QED) is 0.585. The molecule has 0 aliphatic rings. The van der Waals surface area contributed by atoms with E-state index in [0.717, 1.165) is 5.56 Å². The van der Waals surface area contributed by atoms with Crippen molar-refractivity contribution in [3.8, 4) is 0 Å². The van der Waals surface area contributed by atoms with Crippen LogP contribution in [0.1, 0.15) is 5.56 Å². The minimum Gasteiger partial charge on any atom is -0.326 e. The highest BCUT2D eigenvalue weighted by molar-refractivity contribution is 8.00. The molecule has 0 aromatic carbocycles. The fraction of sp³-hybridized carbons (Fsp3) is 0.500. The van der Waals surface area contributed by atoms with Gasteiger partial charge in [0.05, 0.1) is 5.75 Å². The van der Waals surface area contributed by atoms with Gasteiger partial charge in [-0.05, 0) is 0 Å². The van der Waals surface area contributed by atoms with Crippen LogP contribution in [0, 0.1) is 0 Å². The van der Waals surface area contributed by atoms with E-state index in [1.165, 1.54) is 18.0 Å². The fourth-order valence-corrected chi connectivity index (χ4v) is 2.79. The second-order valence-electron chi connectivity index (χ2n) is 3.06. The number of nitrogens with two attached hydrogens (primary N) is 1. The molecule has 0 spiro atoms. The maximum Gasteiger partial charge on any atom is 0.187 e. The Labute approximate surface area is 93.4 Å². The van der Waals surface area contributed by atoms with Gasteiger partial charge < -0.3 is 5.73 Å². The Hall–Kier alpha value is -0.660. The Morgan fingerprint density at radius 3 is 2.47 bits per heavy atom. The molecule has 1 aromatic rings. The first-order chi connectivity index (χ1) is 7.01. The molecule has 1 rings (SSSR count). The van der Waals surface area contributed by atoms with E-state index in [0.29, 0.717) is 17.5 Å². The van der Waals surface area contributed by atoms with E-state index in [4.69, 9.17) is 5.73 Å². The Bertz CT molecular complexity index is 402. The first kappa shape index (κ1) is 12.4. The molecule has 0 saturated carbocycles. The van der Waals surface area contributed by atoms with Crippen molar-refractivity contribution >= 4 is 21.6 Å². The van der Waals surface area contributed by atoms with Gasteiger partial charge in [-0.3, -0.25) is 0 Å². The summed E-state index contributed by atoms with van der Waals surface area (Å²) in [6, 6.07) is 0. The van der Waals surface area contributed by atoms with Gasteiger partial charge in [-0.15, -0.1) is 0 Å². The zero-order chi connectivity index (χ0) is 11.3. The molecule has 0 fully saturated rings. The first-order valence-electron chi connectivity index (χ1n) is 4.33. The van der Waals surface area contributed by atoms with Crippen LogP contribution in [0.25, 0.3) is 0 Å². The molecule has 0 saturated heterocycles. The topological polar surface area (TPSA) is 85.9 Å². The van der Waals surface area contributed by atoms with Crippen molar-refractivity contribution in [2.24, 2.45) is 5.73 Å². The van der Waals surface area contributed by atoms with Crippen LogP contribution < -0.4 is 5.73 Å². The van der Waals surface area contributed by atoms with Crippen LogP contribution in [0.4, 0.5) is 0 Å². The monoisotopic (exact) mass is 247 g/mol. The molecule has 7 heteroatoms. The molecule has 1 aromatic heterocycles. The molecule has 0 amide bonds. The summed E-state index contributed by atoms with van der Waals surface area (Å²) >= 11 is 1.32. The highest BCUT2D eigenvalue weighted by Gasteiger charge is 2.03. The molecule has 5 nitrogen and oxygen atoms in total. The van der Waals surface area contributed by atoms with Gasteiger partial charge >= 0.3 is 0 Å². The highest BCUT2D eigenvalue weighted by atomic mass is 32.2. The Morgan fingerprint density at radius 2 is 2.00 bits per heavy atom. The van der Waals surface area contributed by atoms with Gasteiger partial charge in [-0.2, -0.15) is 0 Å². The average molecular weight is 247 g/mol. The van der Waals surface area contributed by atoms with Crippen LogP contribution in [0.3, 0.4) is 0 Å². The Kier molecular flexibility index (Phi) is 4.49. The van der Waals surface area contributed by atoms with Crippen molar-refractivity contribution in [3.63, 3.8) is 0 Å². The summed E-state index contributed by atoms with van der Waals surface area (Å²) < 4.78 is 21.7. The second kappa shape index (κ2) is 5.43. The number of hydrogen-bond acceptors (Lipinski definition) is 6. The van der Waals surface area contributed by atoms with Crippen molar-refractivity contribution in [1.29, 1.82) is 0 Å². The highest BCUT2D eigenvalue weighted by Crippen LogP contribution is 2.12. The molecule has 0 radical (unpaired) electrons. The van der Waals surface area contributed by atoms with Gasteiger partial charge in [0.2, 0.25) is 0 Å². The zero-order valence-electron chi connectivity index (χ0n) is 8.38. The van der Waals surface area contributed by atoms with Crippen LogP contribution in [0.2, 0.25) is 0 Å². The molecule has 0 atom stereocenters. The van der Waals surface area contributed by atoms with E-state index in [1.54, 1.807) is 12.4 Å². The molecule has 2 N–H and O–H groups in total. The molecule has 15 heavy (non-hydrogen) atoms. The number of nitrogens with zero attached hydrogens (tertiary/aromatic N) is 2. The standard InChI is InChI=1S/C8H13N3O2S2/c1-15(12,13)3-2-14-8-10-5-7(4-9)6-11-8/h5-6H,2-4,9H2,1H3. The Morgan fingerprint density at radius 1 is 1.40 bits per heavy atom. The number of aromatic nitrogens is 2. The van der Waals surface area contributed by atoms with Gasteiger partial charge in [0.15, 0.2) is 5.16 Å². The smallest absolute Gasteiger partial charge is 0.187 e. The molecule has 0 bridgehead atoms. The lowest BCUT2D eigenvalue weighted by Crippen LogP contribution is -2.05. The van der Waals surface area contributed by atoms with Crippen molar-refractivity contribution in [2.75, 3.05) is 17.8 Å². The largest absolute Gasteiger partial charge is 0.326 e. The van der Waals surface area contributed by atoms with Crippen molar-refractivity contribution in [2.45, 2.75) is 11.7 Å². The van der Waals surface area contributed by atoms with Crippen LogP contribution in [0.15, 0.2) is 17.6 Å². The van der Waals surface area contributed by atoms with E-state index < -0.39 is 9.84 Å². The van der Waals surface area contributed by atoms with Gasteiger partial charge in [-0.1, -0.05) is 11.8 Å². The van der Waals surface area contributed by atoms with Crippen LogP contribution >= 0.6 is 11.8 Å². The van der Waals surface area contributed by atoms with Crippen LogP contribution in [0.5, 0.6) is 0 Å². The SMILES string of the molecule is CS(=O)(=O)CCSc1ncc(CN)cn1. The van der Waals surface area contributed by atoms with Gasteiger partial charge in [0, 0.05) is 36.5 Å². The van der Waals surface area contributed by atoms with Crippen molar-refractivity contribution < 1.29 is 8.42 Å². The molecular formula is C8H13N3O2S2. The number of hydrogen-bond donors (Lipinski definition) is 1. The summed E-state index contributed by atoms with van der Waals surface area (Å²) in [6.07, 6.45) is 4.51. The minimum atomic E-state index is -2.90. The number of sulfone groups is 1. The summed E-state index contributed by atoms with van der Waals surface area (Å²) in [5.41, 5.74) is 6.25. The molecular weight excluding hydrogens is 234 g/mol. The third kappa shape index (κ3) is 5.10. The van der Waals surface area contributed by atoms with E-state index in [1.807, 2.05) is 0 Å². The van der Waals surface area contributed by atoms with Gasteiger partial charge in [-0.25, -0.2) is 18.4 Å². The minimum absolute atomic E-state index is 0.139. The average Bonchev–Trinajstić information content (AvgIpc) is 2.17. The lowest BCUT2D eigenvalue weighted by molar-refractivity contribution is 0.603. The molecule has 0 aliphatic heterocycles. The van der Waals surface area contributed by atoms with Crippen molar-refractivity contribution in [1.82, 2.24) is 9.97 Å². The summed E-state index contributed by atoms with van der Waals surface area (Å²) in [7, 11) is -2.90. The summed E-state index contributed by atoms with van der Waals surface area (Å²) in [5, 5.41) is 0.579.